The maximum Gasteiger partial charge on any atom is 0.302 e. The van der Waals surface area contributed by atoms with Gasteiger partial charge in [0.25, 0.3) is 0 Å². The lowest BCUT2D eigenvalue weighted by molar-refractivity contribution is -0.181. The Kier molecular flexibility index (Phi) is 4.57. The molecule has 0 aliphatic heterocycles. The van der Waals surface area contributed by atoms with Gasteiger partial charge in [0.2, 0.25) is 0 Å². The normalized spacial score (nSPS) is 50.3. The van der Waals surface area contributed by atoms with E-state index < -0.39 is 11.0 Å². The largest absolute Gasteiger partial charge is 0.463 e. The summed E-state index contributed by atoms with van der Waals surface area (Å²) in [4.78, 5) is 37.2. The first-order valence-electron chi connectivity index (χ1n) is 11.0. The summed E-state index contributed by atoms with van der Waals surface area (Å²) in [5.74, 6) is 0.722. The maximum absolute atomic E-state index is 13.5. The van der Waals surface area contributed by atoms with E-state index in [9.17, 15) is 19.5 Å². The van der Waals surface area contributed by atoms with E-state index in [0.29, 0.717) is 18.8 Å². The molecule has 0 spiro atoms. The van der Waals surface area contributed by atoms with Crippen LogP contribution in [0, 0.1) is 34.5 Å². The van der Waals surface area contributed by atoms with Crippen molar-refractivity contribution in [2.75, 3.05) is 0 Å². The SMILES string of the molecule is CC(=O)OC1CCC2(C)C3C(=O)CC4(C)C(CC[C@]4(O)C(C)=O)C3CC[C@H]2C1. The Labute approximate surface area is 167 Å². The zero-order valence-electron chi connectivity index (χ0n) is 17.6. The Hall–Kier alpha value is -1.23. The van der Waals surface area contributed by atoms with Gasteiger partial charge in [0.1, 0.15) is 17.5 Å². The van der Waals surface area contributed by atoms with E-state index in [1.807, 2.05) is 6.92 Å². The Morgan fingerprint density at radius 2 is 1.79 bits per heavy atom. The van der Waals surface area contributed by atoms with Crippen molar-refractivity contribution in [2.45, 2.75) is 90.8 Å². The first kappa shape index (κ1) is 20.1. The summed E-state index contributed by atoms with van der Waals surface area (Å²) in [7, 11) is 0. The smallest absolute Gasteiger partial charge is 0.302 e. The number of esters is 1. The third kappa shape index (κ3) is 2.57. The molecule has 4 fully saturated rings. The highest BCUT2D eigenvalue weighted by molar-refractivity contribution is 5.90. The van der Waals surface area contributed by atoms with Crippen LogP contribution in [0.4, 0.5) is 0 Å². The van der Waals surface area contributed by atoms with E-state index in [0.717, 1.165) is 38.5 Å². The molecule has 0 bridgehead atoms. The lowest BCUT2D eigenvalue weighted by atomic mass is 9.44. The summed E-state index contributed by atoms with van der Waals surface area (Å²) >= 11 is 0. The lowest BCUT2D eigenvalue weighted by Crippen LogP contribution is -2.61. The number of hydrogen-bond acceptors (Lipinski definition) is 5. The molecule has 5 nitrogen and oxygen atoms in total. The van der Waals surface area contributed by atoms with Gasteiger partial charge in [-0.15, -0.1) is 0 Å². The van der Waals surface area contributed by atoms with Crippen molar-refractivity contribution in [2.24, 2.45) is 34.5 Å². The fourth-order valence-electron chi connectivity index (χ4n) is 7.96. The van der Waals surface area contributed by atoms with Gasteiger partial charge in [-0.3, -0.25) is 14.4 Å². The number of ether oxygens (including phenoxy) is 1. The summed E-state index contributed by atoms with van der Waals surface area (Å²) in [6.45, 7) is 7.18. The van der Waals surface area contributed by atoms with Gasteiger partial charge >= 0.3 is 5.97 Å². The molecule has 28 heavy (non-hydrogen) atoms. The third-order valence-corrected chi connectivity index (χ3v) is 9.37. The summed E-state index contributed by atoms with van der Waals surface area (Å²) in [6.07, 6.45) is 6.19. The van der Waals surface area contributed by atoms with E-state index in [-0.39, 0.29) is 46.8 Å². The van der Waals surface area contributed by atoms with E-state index in [2.05, 4.69) is 6.92 Å². The number of Topliss-reactive ketones (excluding diaryl/α,β-unsaturated/α-hetero) is 2. The Morgan fingerprint density at radius 1 is 1.07 bits per heavy atom. The quantitative estimate of drug-likeness (QED) is 0.730. The van der Waals surface area contributed by atoms with Gasteiger partial charge in [-0.05, 0) is 75.0 Å². The highest BCUT2D eigenvalue weighted by Gasteiger charge is 2.68. The number of fused-ring (bicyclic) bond motifs is 5. The van der Waals surface area contributed by atoms with Gasteiger partial charge in [-0.25, -0.2) is 0 Å². The Morgan fingerprint density at radius 3 is 2.43 bits per heavy atom. The van der Waals surface area contributed by atoms with Crippen molar-refractivity contribution in [1.29, 1.82) is 0 Å². The zero-order valence-corrected chi connectivity index (χ0v) is 17.6. The first-order chi connectivity index (χ1) is 13.0. The molecule has 156 valence electrons. The summed E-state index contributed by atoms with van der Waals surface area (Å²) < 4.78 is 5.49. The van der Waals surface area contributed by atoms with E-state index >= 15 is 0 Å². The Balaban J connectivity index is 1.63. The number of hydrogen-bond donors (Lipinski definition) is 1. The first-order valence-corrected chi connectivity index (χ1v) is 11.0. The average molecular weight is 391 g/mol. The molecule has 0 heterocycles. The molecule has 0 aromatic rings. The van der Waals surface area contributed by atoms with Crippen molar-refractivity contribution >= 4 is 17.5 Å². The molecule has 4 aliphatic rings. The van der Waals surface area contributed by atoms with E-state index in [1.165, 1.54) is 13.8 Å². The number of ketones is 2. The highest BCUT2D eigenvalue weighted by atomic mass is 16.5. The minimum absolute atomic E-state index is 0.0110. The van der Waals surface area contributed by atoms with Crippen molar-refractivity contribution < 1.29 is 24.2 Å². The number of aliphatic hydroxyl groups is 1. The molecule has 8 atom stereocenters. The van der Waals surface area contributed by atoms with Crippen LogP contribution >= 0.6 is 0 Å². The summed E-state index contributed by atoms with van der Waals surface area (Å²) in [5.41, 5.74) is -2.05. The standard InChI is InChI=1S/C23H34O5/c1-13(24)23(27)10-8-18-17-6-5-15-11-16(28-14(2)25)7-9-21(15,3)20(17)19(26)12-22(18,23)4/h15-18,20,27H,5-12H2,1-4H3/t15-,16?,17?,18?,20?,21?,22?,23-/m0/s1. The van der Waals surface area contributed by atoms with Crippen molar-refractivity contribution in [1.82, 2.24) is 0 Å². The number of rotatable bonds is 2. The van der Waals surface area contributed by atoms with Gasteiger partial charge in [-0.1, -0.05) is 13.8 Å². The monoisotopic (exact) mass is 390 g/mol. The molecule has 0 aromatic heterocycles. The Bertz CT molecular complexity index is 716. The van der Waals surface area contributed by atoms with Crippen LogP contribution in [0.1, 0.15) is 79.1 Å². The topological polar surface area (TPSA) is 80.7 Å². The minimum atomic E-state index is -1.36. The molecule has 0 radical (unpaired) electrons. The molecular formula is C23H34O5. The highest BCUT2D eigenvalue weighted by Crippen LogP contribution is 2.67. The van der Waals surface area contributed by atoms with E-state index in [4.69, 9.17) is 4.74 Å². The molecule has 4 rings (SSSR count). The molecule has 0 aromatic carbocycles. The van der Waals surface area contributed by atoms with Crippen molar-refractivity contribution in [3.05, 3.63) is 0 Å². The van der Waals surface area contributed by atoms with Crippen LogP contribution in [0.25, 0.3) is 0 Å². The molecule has 4 saturated carbocycles. The predicted octanol–water partition coefficient (Wildman–Crippen LogP) is 3.46. The summed E-state index contributed by atoms with van der Waals surface area (Å²) in [6, 6.07) is 0. The zero-order chi connectivity index (χ0) is 20.5. The van der Waals surface area contributed by atoms with Gasteiger partial charge < -0.3 is 9.84 Å². The molecule has 1 N–H and O–H groups in total. The van der Waals surface area contributed by atoms with Crippen molar-refractivity contribution in [3.8, 4) is 0 Å². The van der Waals surface area contributed by atoms with Crippen LogP contribution in [0.3, 0.4) is 0 Å². The predicted molar refractivity (Wildman–Crippen MR) is 103 cm³/mol. The fourth-order valence-corrected chi connectivity index (χ4v) is 7.96. The van der Waals surface area contributed by atoms with E-state index in [1.54, 1.807) is 0 Å². The second-order valence-corrected chi connectivity index (χ2v) is 10.5. The minimum Gasteiger partial charge on any atom is -0.463 e. The molecule has 4 aliphatic carbocycles. The third-order valence-electron chi connectivity index (χ3n) is 9.37. The van der Waals surface area contributed by atoms with Crippen molar-refractivity contribution in [3.63, 3.8) is 0 Å². The molecule has 0 saturated heterocycles. The van der Waals surface area contributed by atoms with Gasteiger partial charge in [-0.2, -0.15) is 0 Å². The molecule has 6 unspecified atom stereocenters. The maximum atomic E-state index is 13.5. The molecule has 5 heteroatoms. The van der Waals surface area contributed by atoms with Crippen LogP contribution in [0.2, 0.25) is 0 Å². The lowest BCUT2D eigenvalue weighted by Gasteiger charge is -2.60. The molecular weight excluding hydrogens is 356 g/mol. The van der Waals surface area contributed by atoms with Gasteiger partial charge in [0, 0.05) is 24.7 Å². The summed E-state index contributed by atoms with van der Waals surface area (Å²) in [5, 5.41) is 11.2. The van der Waals surface area contributed by atoms with Gasteiger partial charge in [0.05, 0.1) is 0 Å². The van der Waals surface area contributed by atoms with Crippen LogP contribution in [-0.4, -0.2) is 34.3 Å². The van der Waals surface area contributed by atoms with Crippen LogP contribution in [0.15, 0.2) is 0 Å². The second-order valence-electron chi connectivity index (χ2n) is 10.5. The average Bonchev–Trinajstić information content (AvgIpc) is 2.86. The number of carbonyl (C=O) groups is 3. The van der Waals surface area contributed by atoms with Crippen LogP contribution in [-0.2, 0) is 19.1 Å². The number of carbonyl (C=O) groups excluding carboxylic acids is 3. The molecule has 0 amide bonds. The second kappa shape index (κ2) is 6.38. The van der Waals surface area contributed by atoms with Crippen LogP contribution < -0.4 is 0 Å². The fraction of sp³-hybridized carbons (Fsp3) is 0.870. The van der Waals surface area contributed by atoms with Crippen LogP contribution in [0.5, 0.6) is 0 Å². The van der Waals surface area contributed by atoms with Gasteiger partial charge in [0.15, 0.2) is 5.78 Å².